The Morgan fingerprint density at radius 2 is 0.857 bits per heavy atom. The van der Waals surface area contributed by atoms with Gasteiger partial charge in [-0.3, -0.25) is 0 Å². The molecule has 0 aliphatic carbocycles. The van der Waals surface area contributed by atoms with E-state index in [1.165, 1.54) is 0 Å². The number of hydrogen-bond donors (Lipinski definition) is 0. The third-order valence-corrected chi connectivity index (χ3v) is 0. The predicted molar refractivity (Wildman–Crippen MR) is 11.6 cm³/mol. The van der Waals surface area contributed by atoms with Gasteiger partial charge in [0, 0.05) is 46.9 Å². The molecule has 0 saturated carbocycles. The van der Waals surface area contributed by atoms with E-state index in [0.29, 0.717) is 0 Å². The van der Waals surface area contributed by atoms with Crippen molar-refractivity contribution in [1.29, 1.82) is 0 Å². The maximum absolute atomic E-state index is 9.91. The number of rotatable bonds is 0. The van der Waals surface area contributed by atoms with Crippen LogP contribution in [0.2, 0.25) is 0 Å². The van der Waals surface area contributed by atoms with Crippen molar-refractivity contribution in [2.24, 2.45) is 0 Å². The normalized spacial score (nSPS) is 8.57. The summed E-state index contributed by atoms with van der Waals surface area (Å²) in [6.07, 6.45) is 0. The summed E-state index contributed by atoms with van der Waals surface area (Å²) < 4.78 is 39.6. The molecule has 7 heavy (non-hydrogen) atoms. The molecule has 0 saturated heterocycles. The fourth-order valence-electron chi connectivity index (χ4n) is 0. The maximum Gasteiger partial charge on any atom is 0 e. The molecule has 0 spiro atoms. The first-order chi connectivity index (χ1) is 2.00. The van der Waals surface area contributed by atoms with Crippen LogP contribution in [-0.2, 0) is 28.5 Å². The standard InChI is InChI=1S/4FH.Na.Y.Yb.H/h4*1H;;;;/q;;;;;+4;;/p-4. The van der Waals surface area contributed by atoms with Crippen molar-refractivity contribution in [2.75, 3.05) is 0 Å². The van der Waals surface area contributed by atoms with E-state index in [2.05, 4.69) is 0 Å². The summed E-state index contributed by atoms with van der Waals surface area (Å²) in [7, 11) is 0. The summed E-state index contributed by atoms with van der Waals surface area (Å²) in [4.78, 5) is 0. The number of halogens is 4. The topological polar surface area (TPSA) is 0 Å². The average Bonchev–Trinajstić information content (AvgIpc) is 0.722. The Hall–Kier alpha value is 3.34. The Morgan fingerprint density at radius 3 is 0.857 bits per heavy atom. The van der Waals surface area contributed by atoms with Crippen molar-refractivity contribution >= 4 is 29.6 Å². The SMILES string of the molecule is [F][Y]([F])([F])[F].[NaH].[Yb]. The zero-order valence-corrected chi connectivity index (χ0v) is 6.91. The van der Waals surface area contributed by atoms with Crippen LogP contribution < -0.4 is 0 Å². The molecule has 0 unspecified atom stereocenters. The molecule has 0 aliphatic rings. The third-order valence-electron chi connectivity index (χ3n) is 0. The molecule has 0 bridgehead atoms. The van der Waals surface area contributed by atoms with Gasteiger partial charge in [0.2, 0.25) is 0 Å². The molecule has 0 radical (unpaired) electrons. The van der Waals surface area contributed by atoms with Gasteiger partial charge in [-0.1, -0.05) is 0 Å². The summed E-state index contributed by atoms with van der Waals surface area (Å²) in [5.74, 6) is 0. The zero-order valence-electron chi connectivity index (χ0n) is 2.36. The fraction of sp³-hybridized carbons (Fsp3) is 0. The van der Waals surface area contributed by atoms with Gasteiger partial charge < -0.3 is 0 Å². The van der Waals surface area contributed by atoms with E-state index in [9.17, 15) is 7.70 Å². The minimum Gasteiger partial charge on any atom is 0 e. The summed E-state index contributed by atoms with van der Waals surface area (Å²) in [6, 6.07) is 0. The van der Waals surface area contributed by atoms with E-state index in [1.54, 1.807) is 0 Å². The Morgan fingerprint density at radius 1 is 0.857 bits per heavy atom. The summed E-state index contributed by atoms with van der Waals surface area (Å²) >= 11 is -7.26. The molecule has 0 N–H and O–H groups in total. The van der Waals surface area contributed by atoms with Crippen LogP contribution in [0.15, 0.2) is 0 Å². The molecule has 7 heteroatoms. The van der Waals surface area contributed by atoms with Crippen LogP contribution >= 0.6 is 0 Å². The van der Waals surface area contributed by atoms with Crippen LogP contribution in [0.4, 0.5) is 7.70 Å². The van der Waals surface area contributed by atoms with E-state index >= 15 is 0 Å². The van der Waals surface area contributed by atoms with Gasteiger partial charge in [0.15, 0.2) is 0 Å². The van der Waals surface area contributed by atoms with E-state index in [0.717, 1.165) is 0 Å². The monoisotopic (exact) mass is 363 g/mol. The first-order valence-electron chi connectivity index (χ1n) is 0.873. The van der Waals surface area contributed by atoms with Gasteiger partial charge in [0.05, 0.1) is 0 Å². The molecule has 0 heterocycles. The van der Waals surface area contributed by atoms with Gasteiger partial charge in [0.25, 0.3) is 0 Å². The molecule has 0 aromatic rings. The van der Waals surface area contributed by atoms with E-state index in [-0.39, 0.29) is 76.5 Å². The molecular formula is HF4NaYYb. The second-order valence-electron chi connectivity index (χ2n) is 0.495. The van der Waals surface area contributed by atoms with Crippen molar-refractivity contribution in [3.8, 4) is 0 Å². The predicted octanol–water partition coefficient (Wildman–Crippen LogP) is 1.03. The maximum atomic E-state index is 9.91. The Kier molecular flexibility index (Phi) is 17.8. The van der Waals surface area contributed by atoms with Crippen LogP contribution in [0.1, 0.15) is 0 Å². The van der Waals surface area contributed by atoms with Crippen LogP contribution in [0, 0.1) is 46.9 Å². The molecule has 0 aliphatic heterocycles. The van der Waals surface area contributed by atoms with Gasteiger partial charge in [-0.05, 0) is 0 Å². The van der Waals surface area contributed by atoms with Crippen molar-refractivity contribution in [2.45, 2.75) is 0 Å². The van der Waals surface area contributed by atoms with E-state index < -0.39 is 28.5 Å². The van der Waals surface area contributed by atoms with E-state index in [4.69, 9.17) is 0 Å². The van der Waals surface area contributed by atoms with Crippen LogP contribution in [-0.4, -0.2) is 29.6 Å². The Bertz CT molecular complexity index is 27.2. The van der Waals surface area contributed by atoms with Crippen LogP contribution in [0.5, 0.6) is 0 Å². The zero-order chi connectivity index (χ0) is 4.50. The summed E-state index contributed by atoms with van der Waals surface area (Å²) in [6.45, 7) is 0. The summed E-state index contributed by atoms with van der Waals surface area (Å²) in [5, 5.41) is 0. The molecule has 47 valence electrons. The Labute approximate surface area is 110 Å². The van der Waals surface area contributed by atoms with Gasteiger partial charge in [-0.25, -0.2) is 0 Å². The van der Waals surface area contributed by atoms with Gasteiger partial charge in [-0.15, -0.1) is 0 Å². The quantitative estimate of drug-likeness (QED) is 0.446. The van der Waals surface area contributed by atoms with Crippen LogP contribution in [0.3, 0.4) is 0 Å². The molecular weight excluding hydrogens is 361 g/mol. The van der Waals surface area contributed by atoms with Crippen molar-refractivity contribution in [3.63, 3.8) is 0 Å². The minimum atomic E-state index is -7.26. The van der Waals surface area contributed by atoms with Gasteiger partial charge in [-0.2, -0.15) is 0 Å². The minimum absolute atomic E-state index is 0. The molecule has 0 aromatic carbocycles. The van der Waals surface area contributed by atoms with E-state index in [1.807, 2.05) is 0 Å². The first-order valence-corrected chi connectivity index (χ1v) is 5.16. The number of hydrogen-bond acceptors (Lipinski definition) is 0. The van der Waals surface area contributed by atoms with Crippen molar-refractivity contribution in [1.82, 2.24) is 0 Å². The van der Waals surface area contributed by atoms with Crippen molar-refractivity contribution in [3.05, 3.63) is 0 Å². The molecule has 0 aromatic heterocycles. The largest absolute Gasteiger partial charge is 0 e. The molecule has 0 nitrogen and oxygen atoms in total. The Balaban J connectivity index is -0.0000000800. The fourth-order valence-corrected chi connectivity index (χ4v) is 0. The second kappa shape index (κ2) is 7.45. The van der Waals surface area contributed by atoms with Crippen molar-refractivity contribution < 1.29 is 83.1 Å². The first kappa shape index (κ1) is 16.7. The van der Waals surface area contributed by atoms with Gasteiger partial charge in [0.1, 0.15) is 0 Å². The third kappa shape index (κ3) is 45.1. The summed E-state index contributed by atoms with van der Waals surface area (Å²) in [5.41, 5.74) is 0. The molecule has 0 rings (SSSR count). The molecule has 0 amide bonds. The average molecular weight is 362 g/mol. The van der Waals surface area contributed by atoms with Crippen LogP contribution in [0.25, 0.3) is 0 Å². The second-order valence-corrected chi connectivity index (χ2v) is 2.93. The molecule has 0 atom stereocenters. The molecule has 0 fully saturated rings. The smallest absolute Gasteiger partial charge is 0 e. The van der Waals surface area contributed by atoms with Gasteiger partial charge >= 0.3 is 65.8 Å².